The first kappa shape index (κ1) is 11.2. The Hall–Kier alpha value is -1.86. The van der Waals surface area contributed by atoms with E-state index in [1.165, 1.54) is 0 Å². The van der Waals surface area contributed by atoms with Gasteiger partial charge in [0.1, 0.15) is 5.56 Å². The van der Waals surface area contributed by atoms with Crippen LogP contribution in [0.4, 0.5) is 28.9 Å². The lowest BCUT2D eigenvalue weighted by molar-refractivity contribution is -0.390. The molecular weight excluding hydrogens is 220 g/mol. The number of nitro groups is 1. The lowest BCUT2D eigenvalue weighted by atomic mass is 10.1. The first-order valence-electron chi connectivity index (χ1n) is 3.54. The van der Waals surface area contributed by atoms with Crippen LogP contribution in [-0.2, 0) is 6.18 Å². The summed E-state index contributed by atoms with van der Waals surface area (Å²) in [5, 5.41) is 10.2. The van der Waals surface area contributed by atoms with Crippen molar-refractivity contribution < 1.29 is 22.5 Å². The van der Waals surface area contributed by atoms with Crippen molar-refractivity contribution in [3.8, 4) is 0 Å². The van der Waals surface area contributed by atoms with Gasteiger partial charge in [-0.3, -0.25) is 10.1 Å². The van der Waals surface area contributed by atoms with Gasteiger partial charge in [0.05, 0.1) is 4.92 Å². The number of alkyl halides is 3. The minimum atomic E-state index is -5.02. The number of nitrogens with two attached hydrogens (primary N) is 1. The van der Waals surface area contributed by atoms with Gasteiger partial charge in [0.15, 0.2) is 0 Å². The first-order valence-corrected chi connectivity index (χ1v) is 3.54. The third kappa shape index (κ3) is 2.14. The Kier molecular flexibility index (Phi) is 2.52. The lowest BCUT2D eigenvalue weighted by Gasteiger charge is -2.08. The molecule has 0 heterocycles. The Labute approximate surface area is 80.5 Å². The van der Waals surface area contributed by atoms with Gasteiger partial charge in [-0.2, -0.15) is 17.6 Å². The number of halogens is 4. The second-order valence-corrected chi connectivity index (χ2v) is 2.65. The maximum absolute atomic E-state index is 12.9. The molecule has 0 aliphatic carbocycles. The molecule has 0 aliphatic heterocycles. The van der Waals surface area contributed by atoms with Crippen LogP contribution in [0, 0.1) is 15.9 Å². The smallest absolute Gasteiger partial charge is 0.399 e. The summed E-state index contributed by atoms with van der Waals surface area (Å²) >= 11 is 0. The van der Waals surface area contributed by atoms with E-state index < -0.39 is 33.9 Å². The molecule has 0 radical (unpaired) electrons. The highest BCUT2D eigenvalue weighted by Crippen LogP contribution is 2.38. The van der Waals surface area contributed by atoms with Crippen LogP contribution < -0.4 is 5.73 Å². The fourth-order valence-corrected chi connectivity index (χ4v) is 1.02. The second kappa shape index (κ2) is 3.37. The third-order valence-electron chi connectivity index (χ3n) is 1.57. The molecule has 0 fully saturated rings. The fraction of sp³-hybridized carbons (Fsp3) is 0.143. The number of nitrogen functional groups attached to an aromatic ring is 1. The molecule has 1 aromatic carbocycles. The average Bonchev–Trinajstić information content (AvgIpc) is 1.99. The first-order chi connectivity index (χ1) is 6.73. The number of rotatable bonds is 1. The topological polar surface area (TPSA) is 69.2 Å². The highest BCUT2D eigenvalue weighted by atomic mass is 19.4. The molecule has 0 bridgehead atoms. The van der Waals surface area contributed by atoms with E-state index in [2.05, 4.69) is 0 Å². The molecule has 2 N–H and O–H groups in total. The highest BCUT2D eigenvalue weighted by Gasteiger charge is 2.40. The predicted octanol–water partition coefficient (Wildman–Crippen LogP) is 2.33. The van der Waals surface area contributed by atoms with Crippen molar-refractivity contribution in [2.45, 2.75) is 6.18 Å². The van der Waals surface area contributed by atoms with Crippen molar-refractivity contribution in [1.29, 1.82) is 0 Å². The number of anilines is 1. The van der Waals surface area contributed by atoms with Gasteiger partial charge in [-0.1, -0.05) is 0 Å². The van der Waals surface area contributed by atoms with E-state index in [-0.39, 0.29) is 0 Å². The molecule has 1 rings (SSSR count). The average molecular weight is 224 g/mol. The number of nitrogens with zero attached hydrogens (tertiary/aromatic N) is 1. The molecule has 0 atom stereocenters. The molecule has 0 aromatic heterocycles. The number of hydrogen-bond donors (Lipinski definition) is 1. The Bertz CT molecular complexity index is 416. The second-order valence-electron chi connectivity index (χ2n) is 2.65. The summed E-state index contributed by atoms with van der Waals surface area (Å²) in [5.41, 5.74) is 1.14. The predicted molar refractivity (Wildman–Crippen MR) is 42.5 cm³/mol. The van der Waals surface area contributed by atoms with E-state index in [4.69, 9.17) is 5.73 Å². The molecule has 4 nitrogen and oxygen atoms in total. The fourth-order valence-electron chi connectivity index (χ4n) is 1.02. The molecule has 0 spiro atoms. The Balaban J connectivity index is 3.54. The minimum absolute atomic E-state index is 0.321. The lowest BCUT2D eigenvalue weighted by Crippen LogP contribution is -2.11. The molecule has 15 heavy (non-hydrogen) atoms. The summed E-state index contributed by atoms with van der Waals surface area (Å²) in [6, 6.07) is 0.786. The molecule has 0 aliphatic rings. The van der Waals surface area contributed by atoms with Crippen molar-refractivity contribution in [3.63, 3.8) is 0 Å². The van der Waals surface area contributed by atoms with Crippen LogP contribution in [0.2, 0.25) is 0 Å². The maximum Gasteiger partial charge on any atom is 0.423 e. The Morgan fingerprint density at radius 1 is 1.33 bits per heavy atom. The van der Waals surface area contributed by atoms with Gasteiger partial charge in [-0.25, -0.2) is 0 Å². The summed E-state index contributed by atoms with van der Waals surface area (Å²) in [6.45, 7) is 0. The van der Waals surface area contributed by atoms with Gasteiger partial charge in [0, 0.05) is 11.8 Å². The minimum Gasteiger partial charge on any atom is -0.399 e. The summed E-state index contributed by atoms with van der Waals surface area (Å²) < 4.78 is 49.6. The zero-order valence-electron chi connectivity index (χ0n) is 7.01. The van der Waals surface area contributed by atoms with Crippen LogP contribution in [0.15, 0.2) is 12.1 Å². The molecule has 0 saturated carbocycles. The number of benzene rings is 1. The standard InChI is InChI=1S/C7H4F4N2O2/c8-5-2-3(12)1-4(7(9,10)11)6(5)13(14)15/h1-2H,12H2. The zero-order chi connectivity index (χ0) is 11.8. The quantitative estimate of drug-likeness (QED) is 0.344. The molecule has 0 amide bonds. The summed E-state index contributed by atoms with van der Waals surface area (Å²) in [7, 11) is 0. The van der Waals surface area contributed by atoms with Crippen molar-refractivity contribution in [3.05, 3.63) is 33.6 Å². The number of nitro benzene ring substituents is 1. The van der Waals surface area contributed by atoms with Crippen LogP contribution in [0.1, 0.15) is 5.56 Å². The summed E-state index contributed by atoms with van der Waals surface area (Å²) in [6.07, 6.45) is -5.02. The van der Waals surface area contributed by atoms with Crippen LogP contribution in [-0.4, -0.2) is 4.92 Å². The summed E-state index contributed by atoms with van der Waals surface area (Å²) in [5.74, 6) is -1.60. The van der Waals surface area contributed by atoms with E-state index in [0.29, 0.717) is 12.1 Å². The largest absolute Gasteiger partial charge is 0.423 e. The summed E-state index contributed by atoms with van der Waals surface area (Å²) in [4.78, 5) is 8.79. The monoisotopic (exact) mass is 224 g/mol. The molecule has 8 heteroatoms. The van der Waals surface area contributed by atoms with Crippen molar-refractivity contribution in [2.24, 2.45) is 0 Å². The van der Waals surface area contributed by atoms with Crippen LogP contribution in [0.3, 0.4) is 0 Å². The van der Waals surface area contributed by atoms with E-state index in [1.807, 2.05) is 0 Å². The van der Waals surface area contributed by atoms with Gasteiger partial charge >= 0.3 is 11.9 Å². The van der Waals surface area contributed by atoms with Gasteiger partial charge in [-0.15, -0.1) is 0 Å². The molecular formula is C7H4F4N2O2. The molecule has 1 aromatic rings. The van der Waals surface area contributed by atoms with Crippen LogP contribution in [0.25, 0.3) is 0 Å². The van der Waals surface area contributed by atoms with Crippen molar-refractivity contribution >= 4 is 11.4 Å². The van der Waals surface area contributed by atoms with Crippen molar-refractivity contribution in [2.75, 3.05) is 5.73 Å². The Morgan fingerprint density at radius 2 is 1.87 bits per heavy atom. The maximum atomic E-state index is 12.9. The van der Waals surface area contributed by atoms with Gasteiger partial charge in [-0.05, 0) is 6.07 Å². The number of hydrogen-bond acceptors (Lipinski definition) is 3. The Morgan fingerprint density at radius 3 is 2.27 bits per heavy atom. The van der Waals surface area contributed by atoms with Gasteiger partial charge < -0.3 is 5.73 Å². The van der Waals surface area contributed by atoms with E-state index in [1.54, 1.807) is 0 Å². The van der Waals surface area contributed by atoms with Crippen LogP contribution in [0.5, 0.6) is 0 Å². The van der Waals surface area contributed by atoms with Crippen LogP contribution >= 0.6 is 0 Å². The third-order valence-corrected chi connectivity index (χ3v) is 1.57. The van der Waals surface area contributed by atoms with E-state index in [0.717, 1.165) is 0 Å². The zero-order valence-corrected chi connectivity index (χ0v) is 7.01. The van der Waals surface area contributed by atoms with Gasteiger partial charge in [0.25, 0.3) is 0 Å². The molecule has 0 unspecified atom stereocenters. The van der Waals surface area contributed by atoms with E-state index in [9.17, 15) is 27.7 Å². The SMILES string of the molecule is Nc1cc(F)c([N+](=O)[O-])c(C(F)(F)F)c1. The normalized spacial score (nSPS) is 11.5. The van der Waals surface area contributed by atoms with Gasteiger partial charge in [0.2, 0.25) is 5.82 Å². The van der Waals surface area contributed by atoms with E-state index >= 15 is 0 Å². The highest BCUT2D eigenvalue weighted by molar-refractivity contribution is 5.53. The van der Waals surface area contributed by atoms with Crippen molar-refractivity contribution in [1.82, 2.24) is 0 Å². The molecule has 82 valence electrons. The molecule has 0 saturated heterocycles.